The SMILES string of the molecule is CC(C)CNc1nnc(SCC(=O)NCC2(c3ccccc3)CC2)s1. The van der Waals surface area contributed by atoms with Crippen molar-refractivity contribution in [3.05, 3.63) is 35.9 Å². The van der Waals surface area contributed by atoms with Gasteiger partial charge in [-0.3, -0.25) is 4.79 Å². The van der Waals surface area contributed by atoms with E-state index in [9.17, 15) is 4.79 Å². The predicted molar refractivity (Wildman–Crippen MR) is 104 cm³/mol. The van der Waals surface area contributed by atoms with Crippen LogP contribution in [-0.4, -0.2) is 34.9 Å². The van der Waals surface area contributed by atoms with Gasteiger partial charge in [0.15, 0.2) is 4.34 Å². The van der Waals surface area contributed by atoms with Crippen molar-refractivity contribution in [1.29, 1.82) is 0 Å². The van der Waals surface area contributed by atoms with E-state index < -0.39 is 0 Å². The molecule has 1 aliphatic rings. The summed E-state index contributed by atoms with van der Waals surface area (Å²) in [7, 11) is 0. The molecule has 1 heterocycles. The van der Waals surface area contributed by atoms with Crippen molar-refractivity contribution in [2.24, 2.45) is 5.92 Å². The van der Waals surface area contributed by atoms with Gasteiger partial charge in [0.05, 0.1) is 5.75 Å². The van der Waals surface area contributed by atoms with Gasteiger partial charge in [0, 0.05) is 18.5 Å². The third-order valence-corrected chi connectivity index (χ3v) is 6.27. The number of amides is 1. The zero-order valence-electron chi connectivity index (χ0n) is 14.6. The van der Waals surface area contributed by atoms with Gasteiger partial charge < -0.3 is 10.6 Å². The summed E-state index contributed by atoms with van der Waals surface area (Å²) >= 11 is 2.94. The minimum atomic E-state index is 0.0547. The van der Waals surface area contributed by atoms with Crippen LogP contribution in [0.4, 0.5) is 5.13 Å². The van der Waals surface area contributed by atoms with Crippen molar-refractivity contribution < 1.29 is 4.79 Å². The summed E-state index contributed by atoms with van der Waals surface area (Å²) in [6, 6.07) is 10.5. The molecule has 0 radical (unpaired) electrons. The Bertz CT molecular complexity index is 698. The number of carbonyl (C=O) groups excluding carboxylic acids is 1. The van der Waals surface area contributed by atoms with Crippen molar-refractivity contribution in [3.8, 4) is 0 Å². The maximum absolute atomic E-state index is 12.2. The first-order chi connectivity index (χ1) is 12.1. The average Bonchev–Trinajstić information content (AvgIpc) is 3.28. The first-order valence-electron chi connectivity index (χ1n) is 8.60. The molecule has 1 saturated carbocycles. The molecule has 1 fully saturated rings. The van der Waals surface area contributed by atoms with E-state index in [2.05, 4.69) is 58.9 Å². The Morgan fingerprint density at radius 1 is 1.28 bits per heavy atom. The van der Waals surface area contributed by atoms with E-state index in [1.165, 1.54) is 28.7 Å². The van der Waals surface area contributed by atoms with Crippen molar-refractivity contribution >= 4 is 34.1 Å². The van der Waals surface area contributed by atoms with Gasteiger partial charge in [-0.1, -0.05) is 67.3 Å². The maximum atomic E-state index is 12.2. The van der Waals surface area contributed by atoms with Crippen LogP contribution < -0.4 is 10.6 Å². The first-order valence-corrected chi connectivity index (χ1v) is 10.4. The second-order valence-electron chi connectivity index (χ2n) is 6.86. The number of thioether (sulfide) groups is 1. The van der Waals surface area contributed by atoms with Crippen molar-refractivity contribution in [3.63, 3.8) is 0 Å². The van der Waals surface area contributed by atoms with Gasteiger partial charge in [-0.15, -0.1) is 10.2 Å². The molecule has 0 unspecified atom stereocenters. The number of hydrogen-bond acceptors (Lipinski definition) is 6. The number of benzene rings is 1. The van der Waals surface area contributed by atoms with E-state index in [1.54, 1.807) is 0 Å². The van der Waals surface area contributed by atoms with Crippen molar-refractivity contribution in [2.75, 3.05) is 24.2 Å². The molecule has 0 bridgehead atoms. The molecule has 3 rings (SSSR count). The lowest BCUT2D eigenvalue weighted by Crippen LogP contribution is -2.33. The van der Waals surface area contributed by atoms with Gasteiger partial charge in [-0.05, 0) is 24.3 Å². The molecule has 5 nitrogen and oxygen atoms in total. The predicted octanol–water partition coefficient (Wildman–Crippen LogP) is 3.55. The lowest BCUT2D eigenvalue weighted by Gasteiger charge is -2.16. The minimum Gasteiger partial charge on any atom is -0.360 e. The van der Waals surface area contributed by atoms with Crippen LogP contribution in [0.15, 0.2) is 34.7 Å². The summed E-state index contributed by atoms with van der Waals surface area (Å²) in [5, 5.41) is 15.4. The van der Waals surface area contributed by atoms with Gasteiger partial charge in [-0.25, -0.2) is 0 Å². The minimum absolute atomic E-state index is 0.0547. The molecule has 1 aliphatic carbocycles. The number of anilines is 1. The van der Waals surface area contributed by atoms with Gasteiger partial charge in [0.25, 0.3) is 0 Å². The molecule has 134 valence electrons. The maximum Gasteiger partial charge on any atom is 0.230 e. The largest absolute Gasteiger partial charge is 0.360 e. The standard InChI is InChI=1S/C18H24N4OS2/c1-13(2)10-19-16-21-22-17(25-16)24-11-15(23)20-12-18(8-9-18)14-6-4-3-5-7-14/h3-7,13H,8-12H2,1-2H3,(H,19,21)(H,20,23). The van der Waals surface area contributed by atoms with Crippen LogP contribution in [-0.2, 0) is 10.2 Å². The Morgan fingerprint density at radius 2 is 2.04 bits per heavy atom. The quantitative estimate of drug-likeness (QED) is 0.655. The van der Waals surface area contributed by atoms with Crippen LogP contribution >= 0.6 is 23.1 Å². The van der Waals surface area contributed by atoms with E-state index >= 15 is 0 Å². The van der Waals surface area contributed by atoms with Crippen LogP contribution in [0.25, 0.3) is 0 Å². The normalized spacial score (nSPS) is 15.2. The number of nitrogens with one attached hydrogen (secondary N) is 2. The van der Waals surface area contributed by atoms with Crippen LogP contribution in [0.1, 0.15) is 32.3 Å². The number of aromatic nitrogens is 2. The van der Waals surface area contributed by atoms with E-state index in [-0.39, 0.29) is 11.3 Å². The number of carbonyl (C=O) groups is 1. The van der Waals surface area contributed by atoms with E-state index in [4.69, 9.17) is 0 Å². The zero-order chi connectivity index (χ0) is 17.7. The molecule has 2 aromatic rings. The Hall–Kier alpha value is -1.60. The molecular formula is C18H24N4OS2. The molecule has 1 aromatic carbocycles. The Balaban J connectivity index is 1.41. The highest BCUT2D eigenvalue weighted by Gasteiger charge is 2.44. The molecule has 1 amide bonds. The van der Waals surface area contributed by atoms with Crippen LogP contribution in [0.5, 0.6) is 0 Å². The highest BCUT2D eigenvalue weighted by molar-refractivity contribution is 8.01. The van der Waals surface area contributed by atoms with Gasteiger partial charge in [0.1, 0.15) is 0 Å². The third-order valence-electron chi connectivity index (χ3n) is 4.26. The monoisotopic (exact) mass is 376 g/mol. The molecule has 2 N–H and O–H groups in total. The Morgan fingerprint density at radius 3 is 2.72 bits per heavy atom. The molecule has 0 aliphatic heterocycles. The van der Waals surface area contributed by atoms with E-state index in [1.807, 2.05) is 6.07 Å². The van der Waals surface area contributed by atoms with Gasteiger partial charge in [-0.2, -0.15) is 0 Å². The molecule has 1 aromatic heterocycles. The fraction of sp³-hybridized carbons (Fsp3) is 0.500. The summed E-state index contributed by atoms with van der Waals surface area (Å²) in [6.07, 6.45) is 2.29. The van der Waals surface area contributed by atoms with Crippen molar-refractivity contribution in [2.45, 2.75) is 36.4 Å². The highest BCUT2D eigenvalue weighted by Crippen LogP contribution is 2.47. The average molecular weight is 377 g/mol. The number of nitrogens with zero attached hydrogens (tertiary/aromatic N) is 2. The molecule has 7 heteroatoms. The second kappa shape index (κ2) is 8.19. The number of rotatable bonds is 9. The Kier molecular flexibility index (Phi) is 5.96. The first kappa shape index (κ1) is 18.2. The summed E-state index contributed by atoms with van der Waals surface area (Å²) in [5.41, 5.74) is 1.48. The lowest BCUT2D eigenvalue weighted by atomic mass is 9.96. The van der Waals surface area contributed by atoms with Crippen LogP contribution in [0, 0.1) is 5.92 Å². The summed E-state index contributed by atoms with van der Waals surface area (Å²) in [6.45, 7) is 5.89. The zero-order valence-corrected chi connectivity index (χ0v) is 16.3. The summed E-state index contributed by atoms with van der Waals surface area (Å²) in [4.78, 5) is 12.2. The smallest absolute Gasteiger partial charge is 0.230 e. The third kappa shape index (κ3) is 5.19. The Labute approximate surface area is 157 Å². The van der Waals surface area contributed by atoms with E-state index in [0.29, 0.717) is 18.2 Å². The van der Waals surface area contributed by atoms with E-state index in [0.717, 1.165) is 28.9 Å². The summed E-state index contributed by atoms with van der Waals surface area (Å²) in [5.74, 6) is 0.994. The summed E-state index contributed by atoms with van der Waals surface area (Å²) < 4.78 is 0.825. The molecule has 0 spiro atoms. The van der Waals surface area contributed by atoms with Gasteiger partial charge in [0.2, 0.25) is 11.0 Å². The van der Waals surface area contributed by atoms with Crippen LogP contribution in [0.3, 0.4) is 0 Å². The lowest BCUT2D eigenvalue weighted by molar-refractivity contribution is -0.118. The second-order valence-corrected chi connectivity index (χ2v) is 9.06. The fourth-order valence-corrected chi connectivity index (χ4v) is 4.18. The topological polar surface area (TPSA) is 66.9 Å². The fourth-order valence-electron chi connectivity index (χ4n) is 2.59. The van der Waals surface area contributed by atoms with Crippen LogP contribution in [0.2, 0.25) is 0 Å². The van der Waals surface area contributed by atoms with Crippen molar-refractivity contribution in [1.82, 2.24) is 15.5 Å². The molecule has 25 heavy (non-hydrogen) atoms. The molecule has 0 saturated heterocycles. The highest BCUT2D eigenvalue weighted by atomic mass is 32.2. The van der Waals surface area contributed by atoms with Gasteiger partial charge >= 0.3 is 0 Å². The molecule has 0 atom stereocenters. The molecular weight excluding hydrogens is 352 g/mol. The number of hydrogen-bond donors (Lipinski definition) is 2.